The van der Waals surface area contributed by atoms with Crippen molar-refractivity contribution in [1.29, 1.82) is 0 Å². The maximum atomic E-state index is 12.9. The van der Waals surface area contributed by atoms with Crippen LogP contribution < -0.4 is 5.01 Å². The predicted octanol–water partition coefficient (Wildman–Crippen LogP) is 4.40. The Kier molecular flexibility index (Phi) is 5.77. The Morgan fingerprint density at radius 1 is 1.10 bits per heavy atom. The summed E-state index contributed by atoms with van der Waals surface area (Å²) in [5.41, 5.74) is 0.858. The Bertz CT molecular complexity index is 1010. The first-order chi connectivity index (χ1) is 14.3. The van der Waals surface area contributed by atoms with Gasteiger partial charge >= 0.3 is 6.18 Å². The number of halogens is 3. The fourth-order valence-corrected chi connectivity index (χ4v) is 4.64. The summed E-state index contributed by atoms with van der Waals surface area (Å²) in [4.78, 5) is 19.0. The molecule has 158 valence electrons. The van der Waals surface area contributed by atoms with E-state index >= 15 is 0 Å². The zero-order valence-corrected chi connectivity index (χ0v) is 17.2. The molecule has 1 aliphatic rings. The van der Waals surface area contributed by atoms with E-state index in [-0.39, 0.29) is 5.91 Å². The number of para-hydroxylation sites is 1. The van der Waals surface area contributed by atoms with Gasteiger partial charge < -0.3 is 0 Å². The molecule has 0 N–H and O–H groups in total. The fraction of sp³-hybridized carbons (Fsp3) is 0.333. The third kappa shape index (κ3) is 4.48. The number of fused-ring (bicyclic) bond motifs is 1. The van der Waals surface area contributed by atoms with Gasteiger partial charge in [0.15, 0.2) is 0 Å². The molecule has 1 aliphatic heterocycles. The monoisotopic (exact) mass is 434 g/mol. The number of nitrogens with zero attached hydrogens (tertiary/aromatic N) is 4. The van der Waals surface area contributed by atoms with Crippen LogP contribution in [0.5, 0.6) is 0 Å². The van der Waals surface area contributed by atoms with Crippen LogP contribution in [0.3, 0.4) is 0 Å². The quantitative estimate of drug-likeness (QED) is 0.610. The smallest absolute Gasteiger partial charge is 0.296 e. The zero-order chi connectivity index (χ0) is 21.3. The Hall–Kier alpha value is -2.49. The number of thiazole rings is 1. The molecule has 3 aromatic rings. The van der Waals surface area contributed by atoms with Crippen molar-refractivity contribution in [1.82, 2.24) is 14.9 Å². The minimum atomic E-state index is -4.34. The van der Waals surface area contributed by atoms with Crippen molar-refractivity contribution in [2.45, 2.75) is 19.6 Å². The number of carbonyl (C=O) groups excluding carboxylic acids is 1. The van der Waals surface area contributed by atoms with Gasteiger partial charge in [0.1, 0.15) is 0 Å². The van der Waals surface area contributed by atoms with E-state index in [9.17, 15) is 18.0 Å². The molecule has 1 fully saturated rings. The summed E-state index contributed by atoms with van der Waals surface area (Å²) >= 11 is 1.47. The lowest BCUT2D eigenvalue weighted by Crippen LogP contribution is -2.55. The van der Waals surface area contributed by atoms with E-state index in [2.05, 4.69) is 9.88 Å². The number of piperazine rings is 1. The Morgan fingerprint density at radius 2 is 1.83 bits per heavy atom. The highest BCUT2D eigenvalue weighted by molar-refractivity contribution is 7.22. The van der Waals surface area contributed by atoms with Gasteiger partial charge in [-0.05, 0) is 23.8 Å². The molecular weight excluding hydrogens is 413 g/mol. The second-order valence-corrected chi connectivity index (χ2v) is 8.23. The van der Waals surface area contributed by atoms with Gasteiger partial charge in [-0.15, -0.1) is 0 Å². The molecule has 0 aliphatic carbocycles. The predicted molar refractivity (Wildman–Crippen MR) is 111 cm³/mol. The van der Waals surface area contributed by atoms with E-state index in [4.69, 9.17) is 0 Å². The average molecular weight is 434 g/mol. The van der Waals surface area contributed by atoms with Crippen LogP contribution in [0, 0.1) is 0 Å². The molecule has 0 spiro atoms. The molecule has 1 aromatic heterocycles. The van der Waals surface area contributed by atoms with E-state index in [1.54, 1.807) is 11.1 Å². The minimum absolute atomic E-state index is 0.111. The van der Waals surface area contributed by atoms with Crippen LogP contribution in [0.1, 0.15) is 18.1 Å². The fourth-order valence-electron chi connectivity index (χ4n) is 3.61. The number of anilines is 1. The molecule has 0 bridgehead atoms. The summed E-state index contributed by atoms with van der Waals surface area (Å²) in [5, 5.41) is 4.21. The summed E-state index contributed by atoms with van der Waals surface area (Å²) in [6.45, 7) is 4.43. The van der Waals surface area contributed by atoms with Crippen LogP contribution in [0.15, 0.2) is 48.5 Å². The van der Waals surface area contributed by atoms with Crippen molar-refractivity contribution in [2.75, 3.05) is 31.2 Å². The second-order valence-electron chi connectivity index (χ2n) is 7.22. The number of carbonyl (C=O) groups is 1. The molecule has 2 heterocycles. The van der Waals surface area contributed by atoms with Crippen LogP contribution in [-0.2, 0) is 17.5 Å². The molecule has 1 amide bonds. The molecular formula is C21H21F3N4OS. The van der Waals surface area contributed by atoms with Crippen molar-refractivity contribution >= 4 is 32.6 Å². The van der Waals surface area contributed by atoms with E-state index in [0.29, 0.717) is 43.4 Å². The molecule has 30 heavy (non-hydrogen) atoms. The first-order valence-electron chi connectivity index (χ1n) is 9.61. The third-order valence-electron chi connectivity index (χ3n) is 5.05. The van der Waals surface area contributed by atoms with Gasteiger partial charge in [-0.2, -0.15) is 13.2 Å². The lowest BCUT2D eigenvalue weighted by molar-refractivity contribution is -0.137. The first-order valence-corrected chi connectivity index (χ1v) is 10.4. The van der Waals surface area contributed by atoms with E-state index in [1.165, 1.54) is 30.4 Å². The highest BCUT2D eigenvalue weighted by atomic mass is 32.1. The van der Waals surface area contributed by atoms with Gasteiger partial charge in [-0.3, -0.25) is 9.69 Å². The van der Waals surface area contributed by atoms with Gasteiger partial charge in [0.2, 0.25) is 11.0 Å². The maximum absolute atomic E-state index is 12.9. The lowest BCUT2D eigenvalue weighted by atomic mass is 10.1. The lowest BCUT2D eigenvalue weighted by Gasteiger charge is -2.39. The molecule has 2 aromatic carbocycles. The molecule has 0 radical (unpaired) electrons. The third-order valence-corrected chi connectivity index (χ3v) is 6.07. The van der Waals surface area contributed by atoms with Crippen molar-refractivity contribution in [3.8, 4) is 0 Å². The largest absolute Gasteiger partial charge is 0.416 e. The number of aromatic nitrogens is 1. The van der Waals surface area contributed by atoms with Gasteiger partial charge in [0.05, 0.1) is 15.8 Å². The molecule has 1 saturated heterocycles. The van der Waals surface area contributed by atoms with Crippen LogP contribution in [0.4, 0.5) is 18.3 Å². The summed E-state index contributed by atoms with van der Waals surface area (Å²) in [6, 6.07) is 13.2. The normalized spacial score (nSPS) is 16.1. The molecule has 0 saturated carbocycles. The number of hydrazine groups is 1. The van der Waals surface area contributed by atoms with Crippen molar-refractivity contribution < 1.29 is 18.0 Å². The first kappa shape index (κ1) is 20.8. The average Bonchev–Trinajstić information content (AvgIpc) is 3.12. The van der Waals surface area contributed by atoms with Gasteiger partial charge in [-0.1, -0.05) is 41.7 Å². The molecule has 9 heteroatoms. The van der Waals surface area contributed by atoms with Gasteiger partial charge in [-0.25, -0.2) is 15.0 Å². The highest BCUT2D eigenvalue weighted by Crippen LogP contribution is 2.31. The van der Waals surface area contributed by atoms with Crippen LogP contribution in [0.25, 0.3) is 10.2 Å². The number of rotatable bonds is 4. The van der Waals surface area contributed by atoms with Crippen molar-refractivity contribution in [3.05, 3.63) is 59.7 Å². The van der Waals surface area contributed by atoms with Crippen LogP contribution >= 0.6 is 11.3 Å². The standard InChI is InChI=1S/C21H21F3N4OS/c1-15(29)28(20-25-18-7-2-3-8-19(18)30-20)27-11-9-26(10-12-27)14-16-5-4-6-17(13-16)21(22,23)24/h2-8,13H,9-12,14H2,1H3. The topological polar surface area (TPSA) is 39.7 Å². The van der Waals surface area contributed by atoms with Crippen LogP contribution in [-0.4, -0.2) is 47.0 Å². The summed E-state index contributed by atoms with van der Waals surface area (Å²) in [5.74, 6) is -0.111. The summed E-state index contributed by atoms with van der Waals surface area (Å²) in [6.07, 6.45) is -4.34. The Labute approximate surface area is 176 Å². The SMILES string of the molecule is CC(=O)N(c1nc2ccccc2s1)N1CCN(Cc2cccc(C(F)(F)F)c2)CC1. The van der Waals surface area contributed by atoms with E-state index in [0.717, 1.165) is 16.3 Å². The number of hydrogen-bond acceptors (Lipinski definition) is 5. The number of hydrogen-bond donors (Lipinski definition) is 0. The summed E-state index contributed by atoms with van der Waals surface area (Å²) in [7, 11) is 0. The number of alkyl halides is 3. The molecule has 5 nitrogen and oxygen atoms in total. The van der Waals surface area contributed by atoms with Crippen LogP contribution in [0.2, 0.25) is 0 Å². The number of benzene rings is 2. The van der Waals surface area contributed by atoms with E-state index < -0.39 is 11.7 Å². The molecule has 0 atom stereocenters. The minimum Gasteiger partial charge on any atom is -0.296 e. The van der Waals surface area contributed by atoms with E-state index in [1.807, 2.05) is 29.3 Å². The second kappa shape index (κ2) is 8.33. The van der Waals surface area contributed by atoms with Crippen molar-refractivity contribution in [2.24, 2.45) is 0 Å². The Morgan fingerprint density at radius 3 is 2.50 bits per heavy atom. The number of amides is 1. The zero-order valence-electron chi connectivity index (χ0n) is 16.4. The summed E-state index contributed by atoms with van der Waals surface area (Å²) < 4.78 is 39.8. The molecule has 0 unspecified atom stereocenters. The molecule has 4 rings (SSSR count). The Balaban J connectivity index is 1.43. The maximum Gasteiger partial charge on any atom is 0.416 e. The highest BCUT2D eigenvalue weighted by Gasteiger charge is 2.31. The van der Waals surface area contributed by atoms with Gasteiger partial charge in [0, 0.05) is 39.6 Å². The van der Waals surface area contributed by atoms with Gasteiger partial charge in [0.25, 0.3) is 0 Å². The van der Waals surface area contributed by atoms with Crippen molar-refractivity contribution in [3.63, 3.8) is 0 Å².